The van der Waals surface area contributed by atoms with Gasteiger partial charge in [-0.25, -0.2) is 8.78 Å². The molecule has 1 saturated heterocycles. The Morgan fingerprint density at radius 1 is 1.38 bits per heavy atom. The van der Waals surface area contributed by atoms with E-state index in [0.29, 0.717) is 19.4 Å². The van der Waals surface area contributed by atoms with Crippen molar-refractivity contribution in [3.63, 3.8) is 0 Å². The quantitative estimate of drug-likeness (QED) is 0.805. The zero-order valence-electron chi connectivity index (χ0n) is 11.8. The number of hydrogen-bond donors (Lipinski definition) is 0. The van der Waals surface area contributed by atoms with E-state index in [9.17, 15) is 18.4 Å². The van der Waals surface area contributed by atoms with E-state index in [0.717, 1.165) is 6.07 Å². The summed E-state index contributed by atoms with van der Waals surface area (Å²) in [5.74, 6) is -3.56. The number of carbonyl (C=O) groups excluding carboxylic acids is 2. The molecule has 1 aliphatic heterocycles. The molecule has 1 aliphatic rings. The summed E-state index contributed by atoms with van der Waals surface area (Å²) in [5, 5.41) is 0. The molecule has 2 rings (SSSR count). The van der Waals surface area contributed by atoms with Crippen LogP contribution in [-0.4, -0.2) is 36.5 Å². The Balaban J connectivity index is 2.12. The SMILES string of the molecule is CCOC(=O)[C@H]1CCCN(C(=O)c2cccc(F)c2F)C1. The molecule has 0 aliphatic carbocycles. The van der Waals surface area contributed by atoms with Gasteiger partial charge in [0.05, 0.1) is 18.1 Å². The van der Waals surface area contributed by atoms with Gasteiger partial charge >= 0.3 is 5.97 Å². The van der Waals surface area contributed by atoms with Crippen molar-refractivity contribution in [3.8, 4) is 0 Å². The van der Waals surface area contributed by atoms with E-state index in [2.05, 4.69) is 0 Å². The summed E-state index contributed by atoms with van der Waals surface area (Å²) in [4.78, 5) is 25.4. The summed E-state index contributed by atoms with van der Waals surface area (Å²) in [5.41, 5.74) is -0.306. The van der Waals surface area contributed by atoms with E-state index >= 15 is 0 Å². The standard InChI is InChI=1S/C15H17F2NO3/c1-2-21-15(20)10-5-4-8-18(9-10)14(19)11-6-3-7-12(16)13(11)17/h3,6-7,10H,2,4-5,8-9H2,1H3/t10-/m0/s1. The second kappa shape index (κ2) is 6.65. The number of likely N-dealkylation sites (tertiary alicyclic amines) is 1. The molecule has 1 atom stereocenters. The van der Waals surface area contributed by atoms with Gasteiger partial charge in [-0.15, -0.1) is 0 Å². The monoisotopic (exact) mass is 297 g/mol. The fourth-order valence-corrected chi connectivity index (χ4v) is 2.45. The van der Waals surface area contributed by atoms with Gasteiger partial charge in [-0.1, -0.05) is 6.07 Å². The van der Waals surface area contributed by atoms with Crippen molar-refractivity contribution in [2.45, 2.75) is 19.8 Å². The molecule has 0 unspecified atom stereocenters. The van der Waals surface area contributed by atoms with Crippen LogP contribution in [-0.2, 0) is 9.53 Å². The van der Waals surface area contributed by atoms with Crippen LogP contribution in [0.4, 0.5) is 8.78 Å². The minimum atomic E-state index is -1.15. The number of piperidine rings is 1. The van der Waals surface area contributed by atoms with Gasteiger partial charge in [0.25, 0.3) is 5.91 Å². The number of amides is 1. The smallest absolute Gasteiger partial charge is 0.310 e. The highest BCUT2D eigenvalue weighted by Gasteiger charge is 2.31. The summed E-state index contributed by atoms with van der Waals surface area (Å²) < 4.78 is 31.8. The fourth-order valence-electron chi connectivity index (χ4n) is 2.45. The molecule has 0 saturated carbocycles. The summed E-state index contributed by atoms with van der Waals surface area (Å²) in [6, 6.07) is 3.50. The van der Waals surface area contributed by atoms with Crippen LogP contribution in [0.5, 0.6) is 0 Å². The van der Waals surface area contributed by atoms with Crippen molar-refractivity contribution in [1.29, 1.82) is 0 Å². The van der Waals surface area contributed by atoms with Crippen LogP contribution in [0.3, 0.4) is 0 Å². The first-order chi connectivity index (χ1) is 10.0. The second-order valence-corrected chi connectivity index (χ2v) is 4.94. The highest BCUT2D eigenvalue weighted by Crippen LogP contribution is 2.21. The lowest BCUT2D eigenvalue weighted by Crippen LogP contribution is -2.43. The number of rotatable bonds is 3. The number of hydrogen-bond acceptors (Lipinski definition) is 3. The maximum absolute atomic E-state index is 13.7. The van der Waals surface area contributed by atoms with Crippen LogP contribution in [0.1, 0.15) is 30.1 Å². The Hall–Kier alpha value is -1.98. The summed E-state index contributed by atoms with van der Waals surface area (Å²) in [6.45, 7) is 2.59. The average molecular weight is 297 g/mol. The van der Waals surface area contributed by atoms with Crippen molar-refractivity contribution in [2.24, 2.45) is 5.92 Å². The average Bonchev–Trinajstić information content (AvgIpc) is 2.50. The number of carbonyl (C=O) groups is 2. The van der Waals surface area contributed by atoms with Gasteiger partial charge in [0, 0.05) is 13.1 Å². The minimum Gasteiger partial charge on any atom is -0.466 e. The molecule has 21 heavy (non-hydrogen) atoms. The highest BCUT2D eigenvalue weighted by atomic mass is 19.2. The second-order valence-electron chi connectivity index (χ2n) is 4.94. The molecule has 0 spiro atoms. The fraction of sp³-hybridized carbons (Fsp3) is 0.467. The van der Waals surface area contributed by atoms with Crippen LogP contribution in [0.2, 0.25) is 0 Å². The Morgan fingerprint density at radius 3 is 2.86 bits per heavy atom. The molecular weight excluding hydrogens is 280 g/mol. The Bertz CT molecular complexity index is 548. The summed E-state index contributed by atoms with van der Waals surface area (Å²) in [7, 11) is 0. The number of esters is 1. The summed E-state index contributed by atoms with van der Waals surface area (Å²) >= 11 is 0. The van der Waals surface area contributed by atoms with Crippen molar-refractivity contribution in [2.75, 3.05) is 19.7 Å². The van der Waals surface area contributed by atoms with Crippen LogP contribution in [0.15, 0.2) is 18.2 Å². The zero-order chi connectivity index (χ0) is 15.4. The van der Waals surface area contributed by atoms with E-state index in [4.69, 9.17) is 4.74 Å². The van der Waals surface area contributed by atoms with E-state index in [1.807, 2.05) is 0 Å². The first kappa shape index (κ1) is 15.4. The van der Waals surface area contributed by atoms with Crippen LogP contribution in [0, 0.1) is 17.6 Å². The molecule has 0 bridgehead atoms. The number of benzene rings is 1. The van der Waals surface area contributed by atoms with Crippen molar-refractivity contribution in [1.82, 2.24) is 4.90 Å². The van der Waals surface area contributed by atoms with E-state index < -0.39 is 23.5 Å². The van der Waals surface area contributed by atoms with Gasteiger partial charge in [-0.2, -0.15) is 0 Å². The van der Waals surface area contributed by atoms with Crippen LogP contribution in [0.25, 0.3) is 0 Å². The molecule has 4 nitrogen and oxygen atoms in total. The predicted molar refractivity (Wildman–Crippen MR) is 71.6 cm³/mol. The molecule has 0 radical (unpaired) electrons. The van der Waals surface area contributed by atoms with Gasteiger partial charge in [-0.05, 0) is 31.9 Å². The van der Waals surface area contributed by atoms with Gasteiger partial charge in [0.15, 0.2) is 11.6 Å². The van der Waals surface area contributed by atoms with Crippen LogP contribution < -0.4 is 0 Å². The predicted octanol–water partition coefficient (Wildman–Crippen LogP) is 2.38. The van der Waals surface area contributed by atoms with Crippen molar-refractivity contribution >= 4 is 11.9 Å². The molecular formula is C15H17F2NO3. The molecule has 114 valence electrons. The van der Waals surface area contributed by atoms with Gasteiger partial charge in [0.1, 0.15) is 0 Å². The topological polar surface area (TPSA) is 46.6 Å². The van der Waals surface area contributed by atoms with E-state index in [-0.39, 0.29) is 24.7 Å². The molecule has 1 fully saturated rings. The summed E-state index contributed by atoms with van der Waals surface area (Å²) in [6.07, 6.45) is 1.26. The first-order valence-electron chi connectivity index (χ1n) is 6.94. The largest absolute Gasteiger partial charge is 0.466 e. The third kappa shape index (κ3) is 3.37. The maximum atomic E-state index is 13.7. The first-order valence-corrected chi connectivity index (χ1v) is 6.94. The molecule has 1 aromatic rings. The molecule has 1 heterocycles. The van der Waals surface area contributed by atoms with E-state index in [1.54, 1.807) is 6.92 Å². The Morgan fingerprint density at radius 2 is 2.14 bits per heavy atom. The molecule has 0 aromatic heterocycles. The molecule has 6 heteroatoms. The van der Waals surface area contributed by atoms with E-state index in [1.165, 1.54) is 17.0 Å². The number of nitrogens with zero attached hydrogens (tertiary/aromatic N) is 1. The number of ether oxygens (including phenoxy) is 1. The number of halogens is 2. The Kier molecular flexibility index (Phi) is 4.88. The lowest BCUT2D eigenvalue weighted by molar-refractivity contribution is -0.149. The van der Waals surface area contributed by atoms with Crippen molar-refractivity contribution < 1.29 is 23.1 Å². The lowest BCUT2D eigenvalue weighted by Gasteiger charge is -2.31. The third-order valence-corrected chi connectivity index (χ3v) is 3.51. The lowest BCUT2D eigenvalue weighted by atomic mass is 9.97. The molecule has 1 aromatic carbocycles. The zero-order valence-corrected chi connectivity index (χ0v) is 11.8. The molecule has 0 N–H and O–H groups in total. The maximum Gasteiger partial charge on any atom is 0.310 e. The minimum absolute atomic E-state index is 0.174. The normalized spacial score (nSPS) is 18.4. The van der Waals surface area contributed by atoms with Gasteiger partial charge in [-0.3, -0.25) is 9.59 Å². The Labute approximate surface area is 121 Å². The van der Waals surface area contributed by atoms with Crippen LogP contribution >= 0.6 is 0 Å². The van der Waals surface area contributed by atoms with Crippen molar-refractivity contribution in [3.05, 3.63) is 35.4 Å². The molecule has 1 amide bonds. The third-order valence-electron chi connectivity index (χ3n) is 3.51. The van der Waals surface area contributed by atoms with Gasteiger partial charge in [0.2, 0.25) is 0 Å². The highest BCUT2D eigenvalue weighted by molar-refractivity contribution is 5.94. The van der Waals surface area contributed by atoms with Gasteiger partial charge < -0.3 is 9.64 Å².